The van der Waals surface area contributed by atoms with Gasteiger partial charge in [0.2, 0.25) is 7.59 Å². The molecule has 0 saturated carbocycles. The summed E-state index contributed by atoms with van der Waals surface area (Å²) in [6.07, 6.45) is 1.47. The molecule has 2 aromatic rings. The van der Waals surface area contributed by atoms with Crippen LogP contribution >= 0.6 is 69.6 Å². The molecule has 0 bridgehead atoms. The Bertz CT molecular complexity index is 627. The normalized spacial score (nSPS) is 12.5. The van der Waals surface area contributed by atoms with Crippen molar-refractivity contribution < 1.29 is 4.42 Å². The number of furan rings is 1. The van der Waals surface area contributed by atoms with Crippen molar-refractivity contribution in [2.45, 2.75) is 7.59 Å². The van der Waals surface area contributed by atoms with E-state index in [1.165, 1.54) is 6.26 Å². The second kappa shape index (κ2) is 6.11. The first-order valence-electron chi connectivity index (χ1n) is 5.22. The zero-order valence-electron chi connectivity index (χ0n) is 9.96. The highest BCUT2D eigenvalue weighted by atomic mass is 35.6. The largest absolute Gasteiger partial charge is 0.464 e. The van der Waals surface area contributed by atoms with E-state index < -0.39 is 7.59 Å². The fraction of sp³-hybridized carbons (Fsp3) is 0.182. The Morgan fingerprint density at radius 2 is 1.48 bits per heavy atom. The Kier molecular flexibility index (Phi) is 4.98. The summed E-state index contributed by atoms with van der Waals surface area (Å²) in [4.78, 5) is 11.9. The van der Waals surface area contributed by atoms with E-state index in [0.29, 0.717) is 11.3 Å². The first-order valence-corrected chi connectivity index (χ1v) is 7.49. The van der Waals surface area contributed by atoms with Crippen LogP contribution in [0.3, 0.4) is 0 Å². The molecule has 0 aromatic carbocycles. The molecule has 0 amide bonds. The molecule has 112 valence electrons. The van der Waals surface area contributed by atoms with Crippen molar-refractivity contribution in [1.29, 1.82) is 0 Å². The summed E-state index contributed by atoms with van der Waals surface area (Å²) in [6, 6.07) is 3.34. The second-order valence-electron chi connectivity index (χ2n) is 3.76. The van der Waals surface area contributed by atoms with Gasteiger partial charge in [0, 0.05) is 0 Å². The molecule has 4 nitrogen and oxygen atoms in total. The molecule has 10 heteroatoms. The van der Waals surface area contributed by atoms with Crippen molar-refractivity contribution in [3.63, 3.8) is 0 Å². The molecule has 21 heavy (non-hydrogen) atoms. The van der Waals surface area contributed by atoms with Crippen LogP contribution in [0, 0.1) is 0 Å². The van der Waals surface area contributed by atoms with Gasteiger partial charge in [-0.15, -0.1) is 0 Å². The van der Waals surface area contributed by atoms with Crippen LogP contribution < -0.4 is 0 Å². The standard InChI is InChI=1S/C11H5Cl6N3O/c1-5(6-3-2-4-21-6)7-18-8(10(12,13)14)20-9(19-7)11(15,16)17/h2-4H,1H2. The molecule has 2 heterocycles. The Hall–Kier alpha value is -0.230. The van der Waals surface area contributed by atoms with Gasteiger partial charge in [-0.25, -0.2) is 15.0 Å². The van der Waals surface area contributed by atoms with Crippen molar-refractivity contribution in [3.05, 3.63) is 48.2 Å². The number of aromatic nitrogens is 3. The molecule has 2 aromatic heterocycles. The summed E-state index contributed by atoms with van der Waals surface area (Å²) in [6.45, 7) is 3.81. The van der Waals surface area contributed by atoms with Crippen LogP contribution in [0.15, 0.2) is 29.4 Å². The van der Waals surface area contributed by atoms with E-state index in [1.54, 1.807) is 12.1 Å². The Morgan fingerprint density at radius 3 is 1.86 bits per heavy atom. The topological polar surface area (TPSA) is 51.8 Å². The SMILES string of the molecule is C=C(c1nc(C(Cl)(Cl)Cl)nc(C(Cl)(Cl)Cl)n1)c1ccco1. The van der Waals surface area contributed by atoms with E-state index >= 15 is 0 Å². The van der Waals surface area contributed by atoms with E-state index in [0.717, 1.165) is 0 Å². The first kappa shape index (κ1) is 17.1. The van der Waals surface area contributed by atoms with Gasteiger partial charge >= 0.3 is 0 Å². The van der Waals surface area contributed by atoms with Crippen LogP contribution in [0.2, 0.25) is 0 Å². The third kappa shape index (κ3) is 4.15. The fourth-order valence-corrected chi connectivity index (χ4v) is 1.83. The number of halogens is 6. The Labute approximate surface area is 150 Å². The molecule has 0 spiro atoms. The average molecular weight is 408 g/mol. The molecule has 0 fully saturated rings. The number of hydrogen-bond donors (Lipinski definition) is 0. The summed E-state index contributed by atoms with van der Waals surface area (Å²) in [5.74, 6) is 0.118. The number of hydrogen-bond acceptors (Lipinski definition) is 4. The van der Waals surface area contributed by atoms with Gasteiger partial charge in [-0.05, 0) is 12.1 Å². The summed E-state index contributed by atoms with van der Waals surface area (Å²) in [7, 11) is 0. The van der Waals surface area contributed by atoms with Gasteiger partial charge in [-0.2, -0.15) is 0 Å². The van der Waals surface area contributed by atoms with Gasteiger partial charge < -0.3 is 4.42 Å². The van der Waals surface area contributed by atoms with Crippen LogP contribution in [0.25, 0.3) is 5.57 Å². The fourth-order valence-electron chi connectivity index (χ4n) is 1.32. The molecule has 0 radical (unpaired) electrons. The quantitative estimate of drug-likeness (QED) is 0.643. The van der Waals surface area contributed by atoms with Gasteiger partial charge in [0.1, 0.15) is 5.76 Å². The van der Waals surface area contributed by atoms with Crippen LogP contribution in [0.5, 0.6) is 0 Å². The highest BCUT2D eigenvalue weighted by molar-refractivity contribution is 6.67. The van der Waals surface area contributed by atoms with Gasteiger partial charge in [0.05, 0.1) is 11.8 Å². The Balaban J connectivity index is 2.58. The van der Waals surface area contributed by atoms with Crippen molar-refractivity contribution in [2.75, 3.05) is 0 Å². The summed E-state index contributed by atoms with van der Waals surface area (Å²) >= 11 is 34.7. The maximum absolute atomic E-state index is 5.78. The van der Waals surface area contributed by atoms with E-state index in [4.69, 9.17) is 74.0 Å². The minimum absolute atomic E-state index is 0.0719. The van der Waals surface area contributed by atoms with Crippen LogP contribution in [0.4, 0.5) is 0 Å². The van der Waals surface area contributed by atoms with E-state index in [9.17, 15) is 0 Å². The third-order valence-corrected chi connectivity index (χ3v) is 3.25. The lowest BCUT2D eigenvalue weighted by molar-refractivity contribution is 0.553. The van der Waals surface area contributed by atoms with Crippen molar-refractivity contribution in [3.8, 4) is 0 Å². The zero-order valence-corrected chi connectivity index (χ0v) is 14.5. The third-order valence-electron chi connectivity index (χ3n) is 2.23. The first-order chi connectivity index (χ1) is 9.59. The van der Waals surface area contributed by atoms with Gasteiger partial charge in [0.25, 0.3) is 0 Å². The predicted octanol–water partition coefficient (Wildman–Crippen LogP) is 5.18. The molecular weight excluding hydrogens is 403 g/mol. The lowest BCUT2D eigenvalue weighted by Gasteiger charge is -2.15. The van der Waals surface area contributed by atoms with Gasteiger partial charge in [0.15, 0.2) is 17.5 Å². The smallest absolute Gasteiger partial charge is 0.250 e. The summed E-state index contributed by atoms with van der Waals surface area (Å²) in [5.41, 5.74) is 0.327. The maximum atomic E-state index is 5.78. The van der Waals surface area contributed by atoms with Crippen molar-refractivity contribution in [1.82, 2.24) is 15.0 Å². The minimum atomic E-state index is -1.91. The molecule has 0 N–H and O–H groups in total. The van der Waals surface area contributed by atoms with Crippen LogP contribution in [-0.2, 0) is 7.59 Å². The molecule has 0 aliphatic rings. The molecular formula is C11H5Cl6N3O. The van der Waals surface area contributed by atoms with Crippen LogP contribution in [-0.4, -0.2) is 15.0 Å². The molecule has 0 aliphatic carbocycles. The highest BCUT2D eigenvalue weighted by Gasteiger charge is 2.34. The number of alkyl halides is 6. The average Bonchev–Trinajstić information content (AvgIpc) is 2.89. The van der Waals surface area contributed by atoms with E-state index in [2.05, 4.69) is 21.5 Å². The van der Waals surface area contributed by atoms with Gasteiger partial charge in [-0.1, -0.05) is 76.2 Å². The molecule has 0 atom stereocenters. The predicted molar refractivity (Wildman–Crippen MR) is 85.1 cm³/mol. The molecule has 0 saturated heterocycles. The monoisotopic (exact) mass is 405 g/mol. The lowest BCUT2D eigenvalue weighted by Crippen LogP contribution is -2.17. The second-order valence-corrected chi connectivity index (χ2v) is 8.32. The molecule has 0 unspecified atom stereocenters. The Morgan fingerprint density at radius 1 is 0.952 bits per heavy atom. The molecule has 2 rings (SSSR count). The van der Waals surface area contributed by atoms with Crippen LogP contribution in [0.1, 0.15) is 23.2 Å². The lowest BCUT2D eigenvalue weighted by atomic mass is 10.2. The van der Waals surface area contributed by atoms with E-state index in [-0.39, 0.29) is 17.5 Å². The number of nitrogens with zero attached hydrogens (tertiary/aromatic N) is 3. The number of rotatable bonds is 2. The van der Waals surface area contributed by atoms with Crippen molar-refractivity contribution in [2.24, 2.45) is 0 Å². The zero-order chi connectivity index (χ0) is 15.8. The minimum Gasteiger partial charge on any atom is -0.464 e. The summed E-state index contributed by atoms with van der Waals surface area (Å²) in [5, 5.41) is 0. The highest BCUT2D eigenvalue weighted by Crippen LogP contribution is 2.40. The van der Waals surface area contributed by atoms with Gasteiger partial charge in [-0.3, -0.25) is 0 Å². The summed E-state index contributed by atoms with van der Waals surface area (Å²) < 4.78 is 1.38. The van der Waals surface area contributed by atoms with E-state index in [1.807, 2.05) is 0 Å². The molecule has 0 aliphatic heterocycles. The van der Waals surface area contributed by atoms with Crippen molar-refractivity contribution >= 4 is 75.2 Å². The maximum Gasteiger partial charge on any atom is 0.250 e.